The van der Waals surface area contributed by atoms with Crippen molar-refractivity contribution in [2.75, 3.05) is 13.1 Å². The van der Waals surface area contributed by atoms with Gasteiger partial charge in [-0.3, -0.25) is 9.00 Å². The lowest BCUT2D eigenvalue weighted by molar-refractivity contribution is -0.143. The molecule has 24 heavy (non-hydrogen) atoms. The van der Waals surface area contributed by atoms with Crippen LogP contribution in [0.4, 0.5) is 4.39 Å². The number of carbonyl (C=O) groups is 1. The number of halogens is 1. The molecule has 3 nitrogen and oxygen atoms in total. The lowest BCUT2D eigenvalue weighted by Gasteiger charge is -2.38. The summed E-state index contributed by atoms with van der Waals surface area (Å²) in [7, 11) is -1.19. The summed E-state index contributed by atoms with van der Waals surface area (Å²) in [5.74, 6) is -0.0514. The molecule has 5 heteroatoms. The zero-order valence-corrected chi connectivity index (χ0v) is 15.1. The molecule has 1 aliphatic heterocycles. The van der Waals surface area contributed by atoms with Crippen molar-refractivity contribution in [2.45, 2.75) is 62.0 Å². The normalized spacial score (nSPS) is 24.8. The van der Waals surface area contributed by atoms with E-state index < -0.39 is 10.8 Å². The molecule has 2 aliphatic rings. The molecule has 0 radical (unpaired) electrons. The highest BCUT2D eigenvalue weighted by Crippen LogP contribution is 2.41. The van der Waals surface area contributed by atoms with E-state index in [4.69, 9.17) is 0 Å². The molecule has 2 unspecified atom stereocenters. The Hall–Kier alpha value is -1.23. The van der Waals surface area contributed by atoms with E-state index in [1.165, 1.54) is 18.6 Å². The van der Waals surface area contributed by atoms with E-state index in [2.05, 4.69) is 6.92 Å². The van der Waals surface area contributed by atoms with Crippen molar-refractivity contribution < 1.29 is 13.4 Å². The predicted octanol–water partition coefficient (Wildman–Crippen LogP) is 3.89. The Labute approximate surface area is 146 Å². The van der Waals surface area contributed by atoms with Crippen LogP contribution < -0.4 is 0 Å². The molecule has 2 fully saturated rings. The monoisotopic (exact) mass is 351 g/mol. The van der Waals surface area contributed by atoms with Crippen LogP contribution >= 0.6 is 0 Å². The van der Waals surface area contributed by atoms with Crippen molar-refractivity contribution in [3.05, 3.63) is 30.1 Å². The van der Waals surface area contributed by atoms with Gasteiger partial charge in [0.25, 0.3) is 0 Å². The third-order valence-electron chi connectivity index (χ3n) is 5.72. The number of benzene rings is 1. The summed E-state index contributed by atoms with van der Waals surface area (Å²) in [6.07, 6.45) is 7.14. The smallest absolute Gasteiger partial charge is 0.228 e. The van der Waals surface area contributed by atoms with Crippen LogP contribution in [0.5, 0.6) is 0 Å². The third kappa shape index (κ3) is 3.41. The molecule has 1 amide bonds. The second-order valence-electron chi connectivity index (χ2n) is 7.11. The fourth-order valence-electron chi connectivity index (χ4n) is 4.13. The van der Waals surface area contributed by atoms with Gasteiger partial charge in [-0.25, -0.2) is 4.39 Å². The van der Waals surface area contributed by atoms with Crippen molar-refractivity contribution in [3.8, 4) is 0 Å². The summed E-state index contributed by atoms with van der Waals surface area (Å²) in [6.45, 7) is 3.37. The molecule has 0 aromatic heterocycles. The maximum atomic E-state index is 13.1. The van der Waals surface area contributed by atoms with Gasteiger partial charge in [0.2, 0.25) is 5.91 Å². The zero-order valence-electron chi connectivity index (χ0n) is 14.3. The van der Waals surface area contributed by atoms with Gasteiger partial charge in [0.1, 0.15) is 5.82 Å². The van der Waals surface area contributed by atoms with E-state index in [1.807, 2.05) is 4.90 Å². The Morgan fingerprint density at radius 3 is 2.54 bits per heavy atom. The van der Waals surface area contributed by atoms with Gasteiger partial charge in [0.15, 0.2) is 0 Å². The first-order valence-corrected chi connectivity index (χ1v) is 10.2. The van der Waals surface area contributed by atoms with E-state index in [9.17, 15) is 13.4 Å². The molecule has 0 spiro atoms. The van der Waals surface area contributed by atoms with Crippen molar-refractivity contribution in [1.29, 1.82) is 0 Å². The minimum Gasteiger partial charge on any atom is -0.341 e. The van der Waals surface area contributed by atoms with Crippen LogP contribution in [0.3, 0.4) is 0 Å². The van der Waals surface area contributed by atoms with Crippen LogP contribution in [0.2, 0.25) is 0 Å². The topological polar surface area (TPSA) is 37.4 Å². The molecule has 1 saturated heterocycles. The van der Waals surface area contributed by atoms with Gasteiger partial charge in [-0.1, -0.05) is 26.2 Å². The second kappa shape index (κ2) is 7.34. The molecule has 2 atom stereocenters. The van der Waals surface area contributed by atoms with E-state index >= 15 is 0 Å². The maximum absolute atomic E-state index is 13.1. The highest BCUT2D eigenvalue weighted by molar-refractivity contribution is 7.85. The van der Waals surface area contributed by atoms with Gasteiger partial charge < -0.3 is 4.90 Å². The minimum atomic E-state index is -1.19. The quantitative estimate of drug-likeness (QED) is 0.825. The van der Waals surface area contributed by atoms with E-state index in [-0.39, 0.29) is 22.4 Å². The first-order valence-electron chi connectivity index (χ1n) is 9.01. The van der Waals surface area contributed by atoms with E-state index in [0.717, 1.165) is 38.5 Å². The van der Waals surface area contributed by atoms with Gasteiger partial charge in [-0.05, 0) is 49.9 Å². The molecule has 1 saturated carbocycles. The number of hydrogen-bond donors (Lipinski definition) is 0. The van der Waals surface area contributed by atoms with Crippen LogP contribution in [0.15, 0.2) is 29.2 Å². The van der Waals surface area contributed by atoms with Gasteiger partial charge in [-0.15, -0.1) is 0 Å². The average Bonchev–Trinajstić information content (AvgIpc) is 3.11. The number of amides is 1. The van der Waals surface area contributed by atoms with Crippen LogP contribution in [-0.2, 0) is 15.6 Å². The van der Waals surface area contributed by atoms with Crippen molar-refractivity contribution in [2.24, 2.45) is 5.41 Å². The molecule has 0 N–H and O–H groups in total. The summed E-state index contributed by atoms with van der Waals surface area (Å²) in [6, 6.07) is 5.87. The minimum absolute atomic E-state index is 0.0445. The van der Waals surface area contributed by atoms with Crippen molar-refractivity contribution in [1.82, 2.24) is 4.90 Å². The SMILES string of the molecule is CCC1(C(=O)N2CCC(S(=O)c3ccc(F)cc3)C2)CCCCC1. The third-order valence-corrected chi connectivity index (χ3v) is 7.45. The average molecular weight is 351 g/mol. The molecule has 0 bridgehead atoms. The van der Waals surface area contributed by atoms with Crippen LogP contribution in [0.25, 0.3) is 0 Å². The Morgan fingerprint density at radius 1 is 1.25 bits per heavy atom. The summed E-state index contributed by atoms with van der Waals surface area (Å²) >= 11 is 0. The number of likely N-dealkylation sites (tertiary alicyclic amines) is 1. The highest BCUT2D eigenvalue weighted by Gasteiger charge is 2.43. The lowest BCUT2D eigenvalue weighted by atomic mass is 9.71. The lowest BCUT2D eigenvalue weighted by Crippen LogP contribution is -2.44. The Kier molecular flexibility index (Phi) is 5.38. The maximum Gasteiger partial charge on any atom is 0.228 e. The number of rotatable bonds is 4. The van der Waals surface area contributed by atoms with Crippen LogP contribution in [-0.4, -0.2) is 33.4 Å². The Balaban J connectivity index is 1.67. The van der Waals surface area contributed by atoms with Crippen molar-refractivity contribution >= 4 is 16.7 Å². The predicted molar refractivity (Wildman–Crippen MR) is 93.6 cm³/mol. The van der Waals surface area contributed by atoms with E-state index in [1.54, 1.807) is 12.1 Å². The zero-order chi connectivity index (χ0) is 17.2. The van der Waals surface area contributed by atoms with Gasteiger partial charge in [-0.2, -0.15) is 0 Å². The molecule has 1 heterocycles. The Morgan fingerprint density at radius 2 is 1.92 bits per heavy atom. The second-order valence-corrected chi connectivity index (χ2v) is 8.84. The fraction of sp³-hybridized carbons (Fsp3) is 0.632. The standard InChI is InChI=1S/C19H26FNO2S/c1-2-19(11-4-3-5-12-19)18(22)21-13-10-17(14-21)24(23)16-8-6-15(20)7-9-16/h6-9,17H,2-5,10-14H2,1H3. The fourth-order valence-corrected chi connectivity index (χ4v) is 5.56. The van der Waals surface area contributed by atoms with Gasteiger partial charge >= 0.3 is 0 Å². The van der Waals surface area contributed by atoms with E-state index in [0.29, 0.717) is 18.0 Å². The number of nitrogens with zero attached hydrogens (tertiary/aromatic N) is 1. The summed E-state index contributed by atoms with van der Waals surface area (Å²) in [5, 5.41) is -0.0445. The molecule has 1 aromatic carbocycles. The highest BCUT2D eigenvalue weighted by atomic mass is 32.2. The largest absolute Gasteiger partial charge is 0.341 e. The van der Waals surface area contributed by atoms with Gasteiger partial charge in [0.05, 0.1) is 16.0 Å². The summed E-state index contributed by atoms with van der Waals surface area (Å²) in [4.78, 5) is 15.7. The van der Waals surface area contributed by atoms with Crippen LogP contribution in [0, 0.1) is 11.2 Å². The van der Waals surface area contributed by atoms with Gasteiger partial charge in [0, 0.05) is 23.4 Å². The first-order chi connectivity index (χ1) is 11.6. The Bertz CT molecular complexity index is 610. The van der Waals surface area contributed by atoms with Crippen molar-refractivity contribution in [3.63, 3.8) is 0 Å². The molecule has 1 aromatic rings. The molecule has 132 valence electrons. The molecule has 3 rings (SSSR count). The number of hydrogen-bond acceptors (Lipinski definition) is 2. The number of carbonyl (C=O) groups excluding carboxylic acids is 1. The van der Waals surface area contributed by atoms with Crippen LogP contribution in [0.1, 0.15) is 51.9 Å². The molecular formula is C19H26FNO2S. The first kappa shape index (κ1) is 17.6. The molecular weight excluding hydrogens is 325 g/mol. The molecule has 1 aliphatic carbocycles. The summed E-state index contributed by atoms with van der Waals surface area (Å²) in [5.41, 5.74) is -0.190. The summed E-state index contributed by atoms with van der Waals surface area (Å²) < 4.78 is 25.7.